The van der Waals surface area contributed by atoms with Gasteiger partial charge in [-0.1, -0.05) is 227 Å². The number of aryl methyl sites for hydroxylation is 3. The minimum absolute atomic E-state index is 0.713. The summed E-state index contributed by atoms with van der Waals surface area (Å²) in [5.74, 6) is 0. The molecule has 292 valence electrons. The van der Waals surface area contributed by atoms with Crippen LogP contribution in [0, 0.1) is 13.8 Å². The summed E-state index contributed by atoms with van der Waals surface area (Å²) in [6.07, 6.45) is 34.9. The van der Waals surface area contributed by atoms with Gasteiger partial charge in [0, 0.05) is 23.9 Å². The van der Waals surface area contributed by atoms with Gasteiger partial charge < -0.3 is 0 Å². The summed E-state index contributed by atoms with van der Waals surface area (Å²) < 4.78 is 2.33. The minimum Gasteiger partial charge on any atom is -0.205 e. The first-order valence-electron chi connectivity index (χ1n) is 22.7. The molecule has 1 aromatic heterocycles. The van der Waals surface area contributed by atoms with Gasteiger partial charge in [-0.25, -0.2) is 10.9 Å². The van der Waals surface area contributed by atoms with E-state index in [1.54, 1.807) is 10.9 Å². The van der Waals surface area contributed by atoms with Crippen LogP contribution in [0.4, 0.5) is 0 Å². The van der Waals surface area contributed by atoms with E-state index in [9.17, 15) is 0 Å². The normalized spacial score (nSPS) is 11.5. The number of unbranched alkanes of at least 4 members (excludes halogenated alkanes) is 19. The molecule has 4 aromatic rings. The fourth-order valence-electron chi connectivity index (χ4n) is 8.58. The largest absolute Gasteiger partial charge is 0.212 e. The molecule has 0 unspecified atom stereocenters. The summed E-state index contributed by atoms with van der Waals surface area (Å²) in [4.78, 5) is 0. The van der Waals surface area contributed by atoms with Crippen molar-refractivity contribution >= 4 is 28.0 Å². The average Bonchev–Trinajstić information content (AvgIpc) is 3.18. The maximum atomic E-state index is 2.47. The molecule has 0 radical (unpaired) electrons. The lowest BCUT2D eigenvalue weighted by atomic mass is 9.15. The molecule has 0 amide bonds. The van der Waals surface area contributed by atoms with E-state index in [1.165, 1.54) is 176 Å². The fourth-order valence-corrected chi connectivity index (χ4v) is 8.58. The summed E-state index contributed by atoms with van der Waals surface area (Å²) in [6.45, 7) is 12.4. The monoisotopic (exact) mass is 718 g/mol. The number of nitrogens with zero attached hydrogens (tertiary/aromatic N) is 1. The molecule has 0 atom stereocenters. The van der Waals surface area contributed by atoms with Crippen molar-refractivity contribution < 1.29 is 4.57 Å². The smallest absolute Gasteiger partial charge is 0.205 e. The Morgan fingerprint density at radius 2 is 0.774 bits per heavy atom. The summed E-state index contributed by atoms with van der Waals surface area (Å²) in [5, 5.41) is 1.33. The van der Waals surface area contributed by atoms with E-state index in [4.69, 9.17) is 0 Å². The van der Waals surface area contributed by atoms with Gasteiger partial charge in [-0.2, -0.15) is 17.2 Å². The van der Waals surface area contributed by atoms with Crippen LogP contribution in [0.2, 0.25) is 12.6 Å². The lowest BCUT2D eigenvalue weighted by Crippen LogP contribution is -2.58. The molecule has 0 aliphatic rings. The predicted molar refractivity (Wildman–Crippen MR) is 240 cm³/mol. The SMILES string of the molecule is CCCCCCCCCCCC[B-](CCCCCCCCCCCC)(c1ccc(C)cc1)c1ccc(C)cc1.CCCC[n+]1cccc2ccccc21. The highest BCUT2D eigenvalue weighted by Crippen LogP contribution is 2.25. The van der Waals surface area contributed by atoms with Crippen LogP contribution in [0.1, 0.15) is 173 Å². The number of hydrogen-bond donors (Lipinski definition) is 0. The Labute approximate surface area is 328 Å². The lowest BCUT2D eigenvalue weighted by Gasteiger charge is -2.43. The van der Waals surface area contributed by atoms with Crippen LogP contribution >= 0.6 is 0 Å². The molecule has 0 bridgehead atoms. The van der Waals surface area contributed by atoms with Crippen LogP contribution < -0.4 is 15.5 Å². The molecule has 0 aliphatic carbocycles. The zero-order valence-corrected chi connectivity index (χ0v) is 35.4. The summed E-state index contributed by atoms with van der Waals surface area (Å²) in [7, 11) is 0. The standard InChI is InChI=1S/C38H64B.C13H16N/c1-5-7-9-11-13-15-17-19-21-23-33-39(37-29-25-35(3)26-30-37,38-31-27-36(4)28-32-38)34-24-22-20-18-16-14-12-10-8-6-2;1-2-3-10-14-11-6-8-12-7-4-5-9-13(12)14/h25-32H,5-24,33-34H2,1-4H3;4-9,11H,2-3,10H2,1H3/q-1;+1. The first-order valence-corrected chi connectivity index (χ1v) is 22.7. The van der Waals surface area contributed by atoms with Gasteiger partial charge in [0.1, 0.15) is 6.54 Å². The van der Waals surface area contributed by atoms with Gasteiger partial charge in [0.25, 0.3) is 0 Å². The van der Waals surface area contributed by atoms with Gasteiger partial charge in [0.15, 0.2) is 6.20 Å². The van der Waals surface area contributed by atoms with Gasteiger partial charge in [-0.05, 0) is 26.0 Å². The van der Waals surface area contributed by atoms with Crippen LogP contribution in [0.25, 0.3) is 10.9 Å². The maximum Gasteiger partial charge on any atom is 0.212 e. The molecule has 0 fully saturated rings. The Hall–Kier alpha value is -2.87. The Kier molecular flexibility index (Phi) is 23.3. The van der Waals surface area contributed by atoms with E-state index in [2.05, 4.69) is 130 Å². The highest BCUT2D eigenvalue weighted by Gasteiger charge is 2.27. The zero-order chi connectivity index (χ0) is 37.8. The minimum atomic E-state index is -0.713. The van der Waals surface area contributed by atoms with Crippen LogP contribution in [-0.2, 0) is 6.54 Å². The Morgan fingerprint density at radius 3 is 1.21 bits per heavy atom. The topological polar surface area (TPSA) is 3.88 Å². The Morgan fingerprint density at radius 1 is 0.396 bits per heavy atom. The highest BCUT2D eigenvalue weighted by molar-refractivity contribution is 7.02. The number of para-hydroxylation sites is 1. The van der Waals surface area contributed by atoms with Crippen molar-refractivity contribution in [1.82, 2.24) is 0 Å². The lowest BCUT2D eigenvalue weighted by molar-refractivity contribution is -0.671. The first kappa shape index (κ1) is 44.5. The van der Waals surface area contributed by atoms with E-state index >= 15 is 0 Å². The molecule has 1 nitrogen and oxygen atoms in total. The first-order chi connectivity index (χ1) is 26.0. The quantitative estimate of drug-likeness (QED) is 0.0328. The summed E-state index contributed by atoms with van der Waals surface area (Å²) >= 11 is 0. The Bertz CT molecular complexity index is 1380. The van der Waals surface area contributed by atoms with Gasteiger partial charge in [0.2, 0.25) is 5.52 Å². The third kappa shape index (κ3) is 17.0. The average molecular weight is 718 g/mol. The molecule has 4 rings (SSSR count). The van der Waals surface area contributed by atoms with Gasteiger partial charge in [-0.3, -0.25) is 0 Å². The second-order valence-electron chi connectivity index (χ2n) is 16.6. The fraction of sp³-hybridized carbons (Fsp3) is 0.588. The second-order valence-corrected chi connectivity index (χ2v) is 16.6. The van der Waals surface area contributed by atoms with Crippen molar-refractivity contribution in [2.24, 2.45) is 0 Å². The second kappa shape index (κ2) is 27.7. The van der Waals surface area contributed by atoms with E-state index < -0.39 is 6.15 Å². The summed E-state index contributed by atoms with van der Waals surface area (Å²) in [6, 6.07) is 32.2. The van der Waals surface area contributed by atoms with E-state index in [1.807, 2.05) is 0 Å². The molecule has 53 heavy (non-hydrogen) atoms. The number of fused-ring (bicyclic) bond motifs is 1. The molecular weight excluding hydrogens is 637 g/mol. The Balaban J connectivity index is 0.000000446. The van der Waals surface area contributed by atoms with Gasteiger partial charge in [0.05, 0.1) is 6.15 Å². The van der Waals surface area contributed by atoms with Crippen LogP contribution in [-0.4, -0.2) is 6.15 Å². The van der Waals surface area contributed by atoms with Gasteiger partial charge in [-0.15, -0.1) is 0 Å². The molecule has 3 aromatic carbocycles. The van der Waals surface area contributed by atoms with Crippen molar-refractivity contribution in [3.63, 3.8) is 0 Å². The van der Waals surface area contributed by atoms with Crippen LogP contribution in [0.15, 0.2) is 91.1 Å². The van der Waals surface area contributed by atoms with Crippen LogP contribution in [0.5, 0.6) is 0 Å². The number of aromatic nitrogens is 1. The van der Waals surface area contributed by atoms with E-state index in [0.717, 1.165) is 6.54 Å². The summed E-state index contributed by atoms with van der Waals surface area (Å²) in [5.41, 5.74) is 7.31. The molecule has 0 saturated heterocycles. The van der Waals surface area contributed by atoms with Crippen molar-refractivity contribution in [2.75, 3.05) is 0 Å². The van der Waals surface area contributed by atoms with Crippen molar-refractivity contribution in [3.8, 4) is 0 Å². The highest BCUT2D eigenvalue weighted by atomic mass is 14.9. The van der Waals surface area contributed by atoms with Crippen molar-refractivity contribution in [2.45, 2.75) is 195 Å². The van der Waals surface area contributed by atoms with E-state index in [-0.39, 0.29) is 0 Å². The number of benzene rings is 3. The molecule has 1 heterocycles. The number of pyridine rings is 1. The molecular formula is C51H80BN. The molecule has 0 N–H and O–H groups in total. The number of rotatable bonds is 27. The predicted octanol–water partition coefficient (Wildman–Crippen LogP) is 14.6. The molecule has 0 saturated carbocycles. The third-order valence-corrected chi connectivity index (χ3v) is 12.1. The van der Waals surface area contributed by atoms with Gasteiger partial charge >= 0.3 is 0 Å². The maximum absolute atomic E-state index is 2.47. The number of hydrogen-bond acceptors (Lipinski definition) is 0. The molecule has 0 spiro atoms. The van der Waals surface area contributed by atoms with Crippen molar-refractivity contribution in [3.05, 3.63) is 102 Å². The van der Waals surface area contributed by atoms with Crippen LogP contribution in [0.3, 0.4) is 0 Å². The molecule has 2 heteroatoms. The molecule has 0 aliphatic heterocycles. The van der Waals surface area contributed by atoms with E-state index in [0.29, 0.717) is 0 Å². The van der Waals surface area contributed by atoms with Crippen molar-refractivity contribution in [1.29, 1.82) is 0 Å². The zero-order valence-electron chi connectivity index (χ0n) is 35.4. The third-order valence-electron chi connectivity index (χ3n) is 12.1.